The van der Waals surface area contributed by atoms with Gasteiger partial charge in [-0.2, -0.15) is 0 Å². The molecule has 0 radical (unpaired) electrons. The van der Waals surface area contributed by atoms with Crippen LogP contribution in [0.25, 0.3) is 0 Å². The van der Waals surface area contributed by atoms with Gasteiger partial charge in [0.05, 0.1) is 54.9 Å². The van der Waals surface area contributed by atoms with Gasteiger partial charge in [-0.25, -0.2) is 0 Å². The highest BCUT2D eigenvalue weighted by atomic mass is 16.5. The molecule has 1 aliphatic rings. The van der Waals surface area contributed by atoms with E-state index in [1.807, 2.05) is 18.2 Å². The summed E-state index contributed by atoms with van der Waals surface area (Å²) in [6.45, 7) is 4.18. The van der Waals surface area contributed by atoms with E-state index in [9.17, 15) is 4.79 Å². The molecule has 0 atom stereocenters. The van der Waals surface area contributed by atoms with Gasteiger partial charge in [-0.1, -0.05) is 12.6 Å². The molecule has 8 heteroatoms. The quantitative estimate of drug-likeness (QED) is 0.505. The van der Waals surface area contributed by atoms with Crippen molar-refractivity contribution in [1.29, 1.82) is 0 Å². The van der Waals surface area contributed by atoms with E-state index in [1.165, 1.54) is 21.3 Å². The number of β-lactam (4-membered cyclic amide) rings is 1. The van der Waals surface area contributed by atoms with Gasteiger partial charge in [0.25, 0.3) is 5.91 Å². The second-order valence-corrected chi connectivity index (χ2v) is 6.07. The summed E-state index contributed by atoms with van der Waals surface area (Å²) < 4.78 is 30.9. The van der Waals surface area contributed by atoms with Crippen LogP contribution in [0.5, 0.6) is 34.5 Å². The summed E-state index contributed by atoms with van der Waals surface area (Å²) in [6, 6.07) is 8.97. The van der Waals surface area contributed by atoms with Crippen LogP contribution in [-0.4, -0.2) is 55.1 Å². The Bertz CT molecular complexity index is 863. The lowest BCUT2D eigenvalue weighted by atomic mass is 10.1. The molecule has 0 unspecified atom stereocenters. The number of benzene rings is 2. The van der Waals surface area contributed by atoms with Crippen LogP contribution in [0.1, 0.15) is 0 Å². The number of hydrogen-bond acceptors (Lipinski definition) is 7. The SMILES string of the molecule is C=C1CN(c2cc(OC)c(OC)c(OC)c2)C1=O.COc1cccc(OC)c1OC. The zero-order valence-electron chi connectivity index (χ0n) is 18.1. The summed E-state index contributed by atoms with van der Waals surface area (Å²) in [5, 5.41) is 0. The van der Waals surface area contributed by atoms with Crippen LogP contribution in [0.15, 0.2) is 42.5 Å². The largest absolute Gasteiger partial charge is 0.493 e. The van der Waals surface area contributed by atoms with Gasteiger partial charge >= 0.3 is 0 Å². The van der Waals surface area contributed by atoms with Gasteiger partial charge in [0.2, 0.25) is 11.5 Å². The van der Waals surface area contributed by atoms with E-state index in [0.717, 1.165) is 0 Å². The Morgan fingerprint density at radius 2 is 1.17 bits per heavy atom. The molecule has 8 nitrogen and oxygen atoms in total. The third-order valence-electron chi connectivity index (χ3n) is 4.44. The maximum atomic E-state index is 11.6. The van der Waals surface area contributed by atoms with Gasteiger partial charge in [0.15, 0.2) is 23.0 Å². The molecule has 0 bridgehead atoms. The lowest BCUT2D eigenvalue weighted by Crippen LogP contribution is -2.45. The minimum Gasteiger partial charge on any atom is -0.493 e. The van der Waals surface area contributed by atoms with Crippen molar-refractivity contribution in [2.75, 3.05) is 54.1 Å². The topological polar surface area (TPSA) is 75.7 Å². The van der Waals surface area contributed by atoms with E-state index in [2.05, 4.69) is 6.58 Å². The fraction of sp³-hybridized carbons (Fsp3) is 0.318. The van der Waals surface area contributed by atoms with Crippen LogP contribution in [0, 0.1) is 0 Å². The number of nitrogens with zero attached hydrogens (tertiary/aromatic N) is 1. The van der Waals surface area contributed by atoms with Gasteiger partial charge in [-0.05, 0) is 12.1 Å². The molecule has 1 amide bonds. The first-order valence-corrected chi connectivity index (χ1v) is 9.00. The number of rotatable bonds is 7. The Kier molecular flexibility index (Phi) is 7.80. The first-order valence-electron chi connectivity index (χ1n) is 9.00. The molecule has 1 saturated heterocycles. The van der Waals surface area contributed by atoms with Gasteiger partial charge < -0.3 is 33.3 Å². The van der Waals surface area contributed by atoms with Crippen molar-refractivity contribution in [3.8, 4) is 34.5 Å². The Morgan fingerprint density at radius 3 is 1.50 bits per heavy atom. The summed E-state index contributed by atoms with van der Waals surface area (Å²) in [5.41, 5.74) is 1.31. The number of carbonyl (C=O) groups excluding carboxylic acids is 1. The van der Waals surface area contributed by atoms with Gasteiger partial charge in [-0.3, -0.25) is 4.79 Å². The third-order valence-corrected chi connectivity index (χ3v) is 4.44. The highest BCUT2D eigenvalue weighted by molar-refractivity contribution is 6.13. The predicted molar refractivity (Wildman–Crippen MR) is 114 cm³/mol. The average molecular weight is 417 g/mol. The van der Waals surface area contributed by atoms with Crippen LogP contribution < -0.4 is 33.3 Å². The fourth-order valence-corrected chi connectivity index (χ4v) is 2.88. The molecule has 30 heavy (non-hydrogen) atoms. The minimum atomic E-state index is -0.0794. The molecule has 0 aliphatic carbocycles. The van der Waals surface area contributed by atoms with E-state index in [0.29, 0.717) is 52.3 Å². The van der Waals surface area contributed by atoms with Crippen molar-refractivity contribution >= 4 is 11.6 Å². The Labute approximate surface area is 176 Å². The van der Waals surface area contributed by atoms with Crippen LogP contribution in [-0.2, 0) is 4.79 Å². The van der Waals surface area contributed by atoms with Crippen LogP contribution in [0.2, 0.25) is 0 Å². The molecule has 1 fully saturated rings. The highest BCUT2D eigenvalue weighted by Gasteiger charge is 2.31. The molecule has 162 valence electrons. The van der Waals surface area contributed by atoms with Crippen molar-refractivity contribution in [2.45, 2.75) is 0 Å². The Hall–Kier alpha value is -3.55. The number of ether oxygens (including phenoxy) is 6. The molecule has 0 spiro atoms. The number of methoxy groups -OCH3 is 6. The number of amides is 1. The molecule has 3 rings (SSSR count). The maximum absolute atomic E-state index is 11.6. The first kappa shape index (κ1) is 22.7. The number of para-hydroxylation sites is 1. The lowest BCUT2D eigenvalue weighted by molar-refractivity contribution is -0.117. The molecule has 0 N–H and O–H groups in total. The standard InChI is InChI=1S/C13H15NO4.C9H12O3/c1-8-7-14(13(8)15)9-5-10(16-2)12(18-4)11(6-9)17-3;1-10-7-5-4-6-8(11-2)9(7)12-3/h5-6H,1,7H2,2-4H3;4-6H,1-3H3. The van der Waals surface area contributed by atoms with Crippen molar-refractivity contribution in [1.82, 2.24) is 0 Å². The molecular weight excluding hydrogens is 390 g/mol. The zero-order chi connectivity index (χ0) is 22.3. The highest BCUT2D eigenvalue weighted by Crippen LogP contribution is 2.42. The van der Waals surface area contributed by atoms with E-state index in [-0.39, 0.29) is 5.91 Å². The summed E-state index contributed by atoms with van der Waals surface area (Å²) in [7, 11) is 9.39. The molecule has 0 saturated carbocycles. The summed E-state index contributed by atoms with van der Waals surface area (Å²) in [5.74, 6) is 3.46. The molecule has 1 heterocycles. The van der Waals surface area contributed by atoms with Crippen molar-refractivity contribution in [3.05, 3.63) is 42.5 Å². The van der Waals surface area contributed by atoms with E-state index < -0.39 is 0 Å². The van der Waals surface area contributed by atoms with E-state index in [1.54, 1.807) is 38.4 Å². The maximum Gasteiger partial charge on any atom is 0.255 e. The van der Waals surface area contributed by atoms with Crippen molar-refractivity contribution < 1.29 is 33.2 Å². The first-order chi connectivity index (χ1) is 14.4. The summed E-state index contributed by atoms with van der Waals surface area (Å²) in [6.07, 6.45) is 0. The number of hydrogen-bond donors (Lipinski definition) is 0. The molecule has 2 aromatic rings. The monoisotopic (exact) mass is 417 g/mol. The third kappa shape index (κ3) is 4.53. The van der Waals surface area contributed by atoms with Crippen LogP contribution in [0.3, 0.4) is 0 Å². The molecule has 0 aromatic heterocycles. The van der Waals surface area contributed by atoms with Crippen LogP contribution in [0.4, 0.5) is 5.69 Å². The summed E-state index contributed by atoms with van der Waals surface area (Å²) >= 11 is 0. The van der Waals surface area contributed by atoms with Crippen molar-refractivity contribution in [3.63, 3.8) is 0 Å². The molecule has 2 aromatic carbocycles. The van der Waals surface area contributed by atoms with Crippen molar-refractivity contribution in [2.24, 2.45) is 0 Å². The fourth-order valence-electron chi connectivity index (χ4n) is 2.88. The number of carbonyl (C=O) groups is 1. The zero-order valence-corrected chi connectivity index (χ0v) is 18.1. The Balaban J connectivity index is 0.000000232. The predicted octanol–water partition coefficient (Wildman–Crippen LogP) is 3.33. The summed E-state index contributed by atoms with van der Waals surface area (Å²) in [4.78, 5) is 13.2. The lowest BCUT2D eigenvalue weighted by Gasteiger charge is -2.33. The molecule has 1 aliphatic heterocycles. The second-order valence-electron chi connectivity index (χ2n) is 6.07. The van der Waals surface area contributed by atoms with Gasteiger partial charge in [0, 0.05) is 17.7 Å². The average Bonchev–Trinajstić information content (AvgIpc) is 2.80. The molecular formula is C22H27NO7. The van der Waals surface area contributed by atoms with E-state index in [4.69, 9.17) is 28.4 Å². The van der Waals surface area contributed by atoms with Crippen LogP contribution >= 0.6 is 0 Å². The van der Waals surface area contributed by atoms with Gasteiger partial charge in [0.1, 0.15) is 0 Å². The number of anilines is 1. The minimum absolute atomic E-state index is 0.0794. The van der Waals surface area contributed by atoms with Gasteiger partial charge in [-0.15, -0.1) is 0 Å². The normalized spacial score (nSPS) is 12.3. The smallest absolute Gasteiger partial charge is 0.255 e. The second kappa shape index (κ2) is 10.3. The van der Waals surface area contributed by atoms with E-state index >= 15 is 0 Å². The Morgan fingerprint density at radius 1 is 0.733 bits per heavy atom.